The average Bonchev–Trinajstić information content (AvgIpc) is 2.49. The summed E-state index contributed by atoms with van der Waals surface area (Å²) < 4.78 is 24.1. The van der Waals surface area contributed by atoms with Crippen LogP contribution < -0.4 is 5.32 Å². The smallest absolute Gasteiger partial charge is 0.251 e. The molecule has 0 spiro atoms. The maximum absolute atomic E-state index is 12.2. The van der Waals surface area contributed by atoms with E-state index in [1.165, 1.54) is 12.1 Å². The molecule has 0 radical (unpaired) electrons. The molecule has 1 N–H and O–H groups in total. The highest BCUT2D eigenvalue weighted by Gasteiger charge is 2.22. The summed E-state index contributed by atoms with van der Waals surface area (Å²) in [6.45, 7) is 5.55. The first kappa shape index (κ1) is 17.0. The summed E-state index contributed by atoms with van der Waals surface area (Å²) in [4.78, 5) is 12.5. The summed E-state index contributed by atoms with van der Waals surface area (Å²) in [7, 11) is -3.28. The molecule has 1 saturated carbocycles. The van der Waals surface area contributed by atoms with E-state index in [0.717, 1.165) is 31.6 Å². The normalized spacial score (nSPS) is 22.5. The monoisotopic (exact) mass is 323 g/mol. The van der Waals surface area contributed by atoms with Gasteiger partial charge < -0.3 is 5.32 Å². The maximum Gasteiger partial charge on any atom is 0.251 e. The van der Waals surface area contributed by atoms with Gasteiger partial charge in [-0.3, -0.25) is 4.79 Å². The van der Waals surface area contributed by atoms with Crippen LogP contribution in [-0.2, 0) is 9.84 Å². The van der Waals surface area contributed by atoms with Crippen LogP contribution in [-0.4, -0.2) is 25.6 Å². The molecule has 0 atom stereocenters. The molecule has 1 aromatic rings. The van der Waals surface area contributed by atoms with Crippen molar-refractivity contribution in [2.24, 2.45) is 5.92 Å². The Morgan fingerprint density at radius 1 is 1.09 bits per heavy atom. The van der Waals surface area contributed by atoms with Gasteiger partial charge in [-0.25, -0.2) is 8.42 Å². The number of hydrogen-bond donors (Lipinski definition) is 1. The minimum atomic E-state index is -3.28. The van der Waals surface area contributed by atoms with Gasteiger partial charge in [0.05, 0.1) is 10.1 Å². The van der Waals surface area contributed by atoms with Gasteiger partial charge >= 0.3 is 0 Å². The fourth-order valence-corrected chi connectivity index (χ4v) is 3.80. The minimum Gasteiger partial charge on any atom is -0.349 e. The van der Waals surface area contributed by atoms with Gasteiger partial charge in [0.1, 0.15) is 0 Å². The number of nitrogens with one attached hydrogen (secondary N) is 1. The van der Waals surface area contributed by atoms with Crippen LogP contribution in [0.3, 0.4) is 0 Å². The molecule has 1 aromatic carbocycles. The van der Waals surface area contributed by atoms with E-state index in [1.54, 1.807) is 26.0 Å². The van der Waals surface area contributed by atoms with Crippen LogP contribution in [0, 0.1) is 5.92 Å². The van der Waals surface area contributed by atoms with Crippen molar-refractivity contribution in [1.82, 2.24) is 5.32 Å². The topological polar surface area (TPSA) is 63.2 Å². The molecule has 0 unspecified atom stereocenters. The zero-order chi connectivity index (χ0) is 16.3. The second kappa shape index (κ2) is 6.82. The van der Waals surface area contributed by atoms with Crippen molar-refractivity contribution in [3.63, 3.8) is 0 Å². The van der Waals surface area contributed by atoms with Crippen LogP contribution in [0.2, 0.25) is 0 Å². The van der Waals surface area contributed by atoms with Crippen LogP contribution in [0.15, 0.2) is 29.2 Å². The van der Waals surface area contributed by atoms with Gasteiger partial charge in [0.15, 0.2) is 9.84 Å². The quantitative estimate of drug-likeness (QED) is 0.925. The first-order valence-corrected chi connectivity index (χ1v) is 9.50. The summed E-state index contributed by atoms with van der Waals surface area (Å²) >= 11 is 0. The molecule has 0 saturated heterocycles. The highest BCUT2D eigenvalue weighted by atomic mass is 32.2. The highest BCUT2D eigenvalue weighted by molar-refractivity contribution is 7.92. The molecule has 0 heterocycles. The van der Waals surface area contributed by atoms with Gasteiger partial charge in [-0.1, -0.05) is 6.92 Å². The van der Waals surface area contributed by atoms with E-state index in [-0.39, 0.29) is 16.8 Å². The Hall–Kier alpha value is -1.36. The van der Waals surface area contributed by atoms with Crippen molar-refractivity contribution in [3.05, 3.63) is 29.8 Å². The van der Waals surface area contributed by atoms with E-state index in [0.29, 0.717) is 5.56 Å². The Balaban J connectivity index is 2.03. The largest absolute Gasteiger partial charge is 0.349 e. The van der Waals surface area contributed by atoms with E-state index in [4.69, 9.17) is 0 Å². The number of sulfone groups is 1. The molecule has 2 rings (SSSR count). The summed E-state index contributed by atoms with van der Waals surface area (Å²) in [6, 6.07) is 6.47. The Kier molecular flexibility index (Phi) is 5.27. The third-order valence-electron chi connectivity index (χ3n) is 4.42. The zero-order valence-corrected chi connectivity index (χ0v) is 14.3. The van der Waals surface area contributed by atoms with E-state index < -0.39 is 15.1 Å². The van der Waals surface area contributed by atoms with Gasteiger partial charge in [0.2, 0.25) is 0 Å². The third-order valence-corrected chi connectivity index (χ3v) is 6.59. The molecule has 0 aromatic heterocycles. The predicted molar refractivity (Wildman–Crippen MR) is 87.7 cm³/mol. The number of hydrogen-bond acceptors (Lipinski definition) is 3. The summed E-state index contributed by atoms with van der Waals surface area (Å²) in [6.07, 6.45) is 4.34. The van der Waals surface area contributed by atoms with Crippen LogP contribution in [0.4, 0.5) is 0 Å². The first-order valence-electron chi connectivity index (χ1n) is 7.95. The van der Waals surface area contributed by atoms with Gasteiger partial charge in [-0.2, -0.15) is 0 Å². The molecular formula is C17H25NO3S. The Labute approximate surface area is 133 Å². The second-order valence-corrected chi connectivity index (χ2v) is 9.05. The predicted octanol–water partition coefficient (Wildman–Crippen LogP) is 3.18. The standard InChI is InChI=1S/C17H25NO3S/c1-12(2)22(20,21)16-10-6-14(7-11-16)17(19)18-15-8-4-13(3)5-9-15/h6-7,10-13,15H,4-5,8-9H2,1-3H3,(H,18,19). The summed E-state index contributed by atoms with van der Waals surface area (Å²) in [5.41, 5.74) is 0.515. The molecular weight excluding hydrogens is 298 g/mol. The lowest BCUT2D eigenvalue weighted by molar-refractivity contribution is 0.0923. The number of amides is 1. The minimum absolute atomic E-state index is 0.118. The lowest BCUT2D eigenvalue weighted by atomic mass is 9.87. The summed E-state index contributed by atoms with van der Waals surface area (Å²) in [5.74, 6) is 0.627. The third kappa shape index (κ3) is 3.88. The van der Waals surface area contributed by atoms with Crippen LogP contribution in [0.5, 0.6) is 0 Å². The lowest BCUT2D eigenvalue weighted by Gasteiger charge is -2.26. The molecule has 1 fully saturated rings. The maximum atomic E-state index is 12.2. The van der Waals surface area contributed by atoms with Crippen molar-refractivity contribution in [2.75, 3.05) is 0 Å². The van der Waals surface area contributed by atoms with Gasteiger partial charge in [0, 0.05) is 11.6 Å². The molecule has 5 heteroatoms. The average molecular weight is 323 g/mol. The van der Waals surface area contributed by atoms with E-state index in [1.807, 2.05) is 0 Å². The number of carbonyl (C=O) groups excluding carboxylic acids is 1. The van der Waals surface area contributed by atoms with E-state index in [9.17, 15) is 13.2 Å². The van der Waals surface area contributed by atoms with Crippen molar-refractivity contribution in [1.29, 1.82) is 0 Å². The zero-order valence-electron chi connectivity index (χ0n) is 13.5. The highest BCUT2D eigenvalue weighted by Crippen LogP contribution is 2.24. The van der Waals surface area contributed by atoms with E-state index >= 15 is 0 Å². The van der Waals surface area contributed by atoms with E-state index in [2.05, 4.69) is 12.2 Å². The molecule has 122 valence electrons. The Morgan fingerprint density at radius 2 is 1.64 bits per heavy atom. The molecule has 0 bridgehead atoms. The lowest BCUT2D eigenvalue weighted by Crippen LogP contribution is -2.37. The van der Waals surface area contributed by atoms with Gasteiger partial charge in [-0.05, 0) is 69.7 Å². The Morgan fingerprint density at radius 3 is 2.14 bits per heavy atom. The van der Waals surface area contributed by atoms with Crippen LogP contribution in [0.25, 0.3) is 0 Å². The number of rotatable bonds is 4. The van der Waals surface area contributed by atoms with Gasteiger partial charge in [0.25, 0.3) is 5.91 Å². The van der Waals surface area contributed by atoms with Crippen LogP contribution in [0.1, 0.15) is 56.8 Å². The SMILES string of the molecule is CC1CCC(NC(=O)c2ccc(S(=O)(=O)C(C)C)cc2)CC1. The number of benzene rings is 1. The summed E-state index contributed by atoms with van der Waals surface area (Å²) in [5, 5.41) is 2.59. The van der Waals surface area contributed by atoms with Crippen molar-refractivity contribution >= 4 is 15.7 Å². The van der Waals surface area contributed by atoms with Crippen molar-refractivity contribution in [3.8, 4) is 0 Å². The van der Waals surface area contributed by atoms with Crippen molar-refractivity contribution in [2.45, 2.75) is 62.6 Å². The first-order chi connectivity index (χ1) is 10.3. The van der Waals surface area contributed by atoms with Crippen LogP contribution >= 0.6 is 0 Å². The van der Waals surface area contributed by atoms with Gasteiger partial charge in [-0.15, -0.1) is 0 Å². The molecule has 22 heavy (non-hydrogen) atoms. The fourth-order valence-electron chi connectivity index (χ4n) is 2.74. The molecule has 1 aliphatic rings. The molecule has 1 amide bonds. The number of carbonyl (C=O) groups is 1. The Bertz CT molecular complexity index is 612. The molecule has 0 aliphatic heterocycles. The molecule has 4 nitrogen and oxygen atoms in total. The second-order valence-electron chi connectivity index (χ2n) is 6.55. The van der Waals surface area contributed by atoms with Crippen molar-refractivity contribution < 1.29 is 13.2 Å². The molecule has 1 aliphatic carbocycles. The fraction of sp³-hybridized carbons (Fsp3) is 0.588.